The molecule has 0 saturated heterocycles. The summed E-state index contributed by atoms with van der Waals surface area (Å²) in [5.41, 5.74) is 4.43. The molecule has 1 amide bonds. The third kappa shape index (κ3) is 4.59. The lowest BCUT2D eigenvalue weighted by Gasteiger charge is -2.08. The zero-order valence-corrected chi connectivity index (χ0v) is 16.1. The van der Waals surface area contributed by atoms with Crippen molar-refractivity contribution in [3.8, 4) is 5.69 Å². The van der Waals surface area contributed by atoms with Crippen LogP contribution in [0.2, 0.25) is 0 Å². The quantitative estimate of drug-likeness (QED) is 0.521. The van der Waals surface area contributed by atoms with Crippen molar-refractivity contribution in [1.82, 2.24) is 20.2 Å². The fourth-order valence-electron chi connectivity index (χ4n) is 2.40. The van der Waals surface area contributed by atoms with E-state index in [9.17, 15) is 9.59 Å². The van der Waals surface area contributed by atoms with Gasteiger partial charge in [0.2, 0.25) is 11.1 Å². The second kappa shape index (κ2) is 8.13. The van der Waals surface area contributed by atoms with Gasteiger partial charge in [-0.2, -0.15) is 4.68 Å². The average Bonchev–Trinajstić information content (AvgIpc) is 3.11. The fourth-order valence-corrected chi connectivity index (χ4v) is 3.09. The maximum absolute atomic E-state index is 12.2. The molecule has 0 radical (unpaired) electrons. The molecule has 0 spiro atoms. The summed E-state index contributed by atoms with van der Waals surface area (Å²) in [6.07, 6.45) is 0. The number of tetrazole rings is 1. The molecule has 0 saturated carbocycles. The van der Waals surface area contributed by atoms with Crippen molar-refractivity contribution in [3.05, 3.63) is 59.2 Å². The molecule has 2 aromatic carbocycles. The number of hydrogen-bond acceptors (Lipinski definition) is 6. The van der Waals surface area contributed by atoms with E-state index in [4.69, 9.17) is 0 Å². The summed E-state index contributed by atoms with van der Waals surface area (Å²) < 4.78 is 1.62. The Hall–Kier alpha value is -3.00. The number of thioether (sulfide) groups is 1. The van der Waals surface area contributed by atoms with E-state index in [1.54, 1.807) is 28.9 Å². The number of carbonyl (C=O) groups is 2. The highest BCUT2D eigenvalue weighted by molar-refractivity contribution is 7.99. The molecule has 7 nitrogen and oxygen atoms in total. The van der Waals surface area contributed by atoms with Crippen LogP contribution in [0.15, 0.2) is 47.6 Å². The van der Waals surface area contributed by atoms with Gasteiger partial charge in [-0.1, -0.05) is 17.8 Å². The summed E-state index contributed by atoms with van der Waals surface area (Å²) in [7, 11) is 0. The Kier molecular flexibility index (Phi) is 5.66. The number of amides is 1. The summed E-state index contributed by atoms with van der Waals surface area (Å²) in [4.78, 5) is 23.5. The van der Waals surface area contributed by atoms with Crippen molar-refractivity contribution in [2.45, 2.75) is 25.9 Å². The van der Waals surface area contributed by atoms with Crippen molar-refractivity contribution in [3.63, 3.8) is 0 Å². The van der Waals surface area contributed by atoms with Crippen LogP contribution in [0, 0.1) is 13.8 Å². The summed E-state index contributed by atoms with van der Waals surface area (Å²) in [5, 5.41) is 15.1. The Morgan fingerprint density at radius 3 is 2.48 bits per heavy atom. The van der Waals surface area contributed by atoms with Crippen LogP contribution in [-0.2, 0) is 4.79 Å². The van der Waals surface area contributed by atoms with E-state index in [-0.39, 0.29) is 17.4 Å². The number of nitrogens with one attached hydrogen (secondary N) is 1. The van der Waals surface area contributed by atoms with Gasteiger partial charge in [-0.15, -0.1) is 5.10 Å². The van der Waals surface area contributed by atoms with Crippen LogP contribution in [0.3, 0.4) is 0 Å². The molecule has 3 rings (SSSR count). The first kappa shape index (κ1) is 18.8. The number of ketones is 1. The van der Waals surface area contributed by atoms with E-state index in [1.165, 1.54) is 24.2 Å². The Labute approximate surface area is 161 Å². The molecule has 0 fully saturated rings. The lowest BCUT2D eigenvalue weighted by Crippen LogP contribution is -2.14. The first-order valence-corrected chi connectivity index (χ1v) is 9.32. The SMILES string of the molecule is CC(=O)c1ccc(NC(=O)CSc2nnnn2-c2ccc(C)c(C)c2)cc1. The minimum absolute atomic E-state index is 0.0124. The standard InChI is InChI=1S/C19H19N5O2S/c1-12-4-9-17(10-13(12)2)24-19(21-22-23-24)27-11-18(26)20-16-7-5-15(6-8-16)14(3)25/h4-10H,11H2,1-3H3,(H,20,26). The van der Waals surface area contributed by atoms with E-state index in [1.807, 2.05) is 32.0 Å². The number of aryl methyl sites for hydroxylation is 2. The molecule has 0 aliphatic rings. The highest BCUT2D eigenvalue weighted by Crippen LogP contribution is 2.20. The smallest absolute Gasteiger partial charge is 0.234 e. The van der Waals surface area contributed by atoms with Crippen LogP contribution < -0.4 is 5.32 Å². The van der Waals surface area contributed by atoms with E-state index >= 15 is 0 Å². The van der Waals surface area contributed by atoms with Crippen LogP contribution in [0.1, 0.15) is 28.4 Å². The zero-order valence-electron chi connectivity index (χ0n) is 15.3. The molecule has 0 unspecified atom stereocenters. The zero-order chi connectivity index (χ0) is 19.4. The van der Waals surface area contributed by atoms with Gasteiger partial charge in [-0.05, 0) is 78.7 Å². The van der Waals surface area contributed by atoms with Crippen molar-refractivity contribution in [2.24, 2.45) is 0 Å². The average molecular weight is 381 g/mol. The third-order valence-corrected chi connectivity index (χ3v) is 5.00. The summed E-state index contributed by atoms with van der Waals surface area (Å²) in [6, 6.07) is 12.7. The van der Waals surface area contributed by atoms with Crippen molar-refractivity contribution in [2.75, 3.05) is 11.1 Å². The molecular formula is C19H19N5O2S. The molecule has 0 atom stereocenters. The van der Waals surface area contributed by atoms with Gasteiger partial charge in [0, 0.05) is 11.3 Å². The number of carbonyl (C=O) groups excluding carboxylic acids is 2. The Morgan fingerprint density at radius 2 is 1.81 bits per heavy atom. The number of Topliss-reactive ketones (excluding diaryl/α,β-unsaturated/α-hetero) is 1. The maximum Gasteiger partial charge on any atom is 0.234 e. The first-order valence-electron chi connectivity index (χ1n) is 8.33. The largest absolute Gasteiger partial charge is 0.325 e. The highest BCUT2D eigenvalue weighted by Gasteiger charge is 2.12. The number of benzene rings is 2. The van der Waals surface area contributed by atoms with Crippen LogP contribution in [0.5, 0.6) is 0 Å². The molecule has 8 heteroatoms. The van der Waals surface area contributed by atoms with Gasteiger partial charge in [0.25, 0.3) is 0 Å². The number of rotatable bonds is 6. The van der Waals surface area contributed by atoms with Gasteiger partial charge in [-0.3, -0.25) is 9.59 Å². The van der Waals surface area contributed by atoms with Gasteiger partial charge in [-0.25, -0.2) is 0 Å². The molecule has 0 aliphatic heterocycles. The predicted octanol–water partition coefficient (Wildman–Crippen LogP) is 3.21. The van der Waals surface area contributed by atoms with E-state index < -0.39 is 0 Å². The molecule has 1 aromatic heterocycles. The Balaban J connectivity index is 1.63. The Morgan fingerprint density at radius 1 is 1.07 bits per heavy atom. The van der Waals surface area contributed by atoms with Gasteiger partial charge in [0.15, 0.2) is 5.78 Å². The van der Waals surface area contributed by atoms with Crippen LogP contribution in [0.25, 0.3) is 5.69 Å². The Bertz CT molecular complexity index is 982. The molecule has 3 aromatic rings. The molecule has 27 heavy (non-hydrogen) atoms. The number of aromatic nitrogens is 4. The van der Waals surface area contributed by atoms with Gasteiger partial charge in [0.1, 0.15) is 0 Å². The van der Waals surface area contributed by atoms with Crippen LogP contribution in [-0.4, -0.2) is 37.7 Å². The van der Waals surface area contributed by atoms with E-state index in [0.29, 0.717) is 16.4 Å². The first-order chi connectivity index (χ1) is 12.9. The third-order valence-electron chi connectivity index (χ3n) is 4.08. The van der Waals surface area contributed by atoms with E-state index in [2.05, 4.69) is 20.8 Å². The van der Waals surface area contributed by atoms with Gasteiger partial charge >= 0.3 is 0 Å². The monoisotopic (exact) mass is 381 g/mol. The lowest BCUT2D eigenvalue weighted by atomic mass is 10.1. The maximum atomic E-state index is 12.2. The van der Waals surface area contributed by atoms with Crippen molar-refractivity contribution in [1.29, 1.82) is 0 Å². The molecule has 0 bridgehead atoms. The van der Waals surface area contributed by atoms with Crippen molar-refractivity contribution < 1.29 is 9.59 Å². The minimum atomic E-state index is -0.176. The summed E-state index contributed by atoms with van der Waals surface area (Å²) >= 11 is 1.25. The normalized spacial score (nSPS) is 10.6. The summed E-state index contributed by atoms with van der Waals surface area (Å²) in [5.74, 6) is -0.0218. The highest BCUT2D eigenvalue weighted by atomic mass is 32.2. The molecule has 1 N–H and O–H groups in total. The molecule has 0 aliphatic carbocycles. The second-order valence-corrected chi connectivity index (χ2v) is 7.05. The molecular weight excluding hydrogens is 362 g/mol. The minimum Gasteiger partial charge on any atom is -0.325 e. The predicted molar refractivity (Wildman–Crippen MR) is 104 cm³/mol. The van der Waals surface area contributed by atoms with Crippen molar-refractivity contribution >= 4 is 29.1 Å². The van der Waals surface area contributed by atoms with E-state index in [0.717, 1.165) is 11.3 Å². The lowest BCUT2D eigenvalue weighted by molar-refractivity contribution is -0.113. The topological polar surface area (TPSA) is 89.8 Å². The molecule has 138 valence electrons. The van der Waals surface area contributed by atoms with Gasteiger partial charge < -0.3 is 5.32 Å². The second-order valence-electron chi connectivity index (χ2n) is 6.11. The number of nitrogens with zero attached hydrogens (tertiary/aromatic N) is 4. The fraction of sp³-hybridized carbons (Fsp3) is 0.211. The van der Waals surface area contributed by atoms with Crippen LogP contribution in [0.4, 0.5) is 5.69 Å². The van der Waals surface area contributed by atoms with Gasteiger partial charge in [0.05, 0.1) is 11.4 Å². The number of anilines is 1. The van der Waals surface area contributed by atoms with Crippen LogP contribution >= 0.6 is 11.8 Å². The number of hydrogen-bond donors (Lipinski definition) is 1. The summed E-state index contributed by atoms with van der Waals surface area (Å²) in [6.45, 7) is 5.58. The molecule has 1 heterocycles.